The van der Waals surface area contributed by atoms with Crippen LogP contribution in [0.1, 0.15) is 59.0 Å². The average molecular weight is 381 g/mol. The van der Waals surface area contributed by atoms with E-state index < -0.39 is 29.7 Å². The van der Waals surface area contributed by atoms with E-state index >= 15 is 0 Å². The van der Waals surface area contributed by atoms with Gasteiger partial charge < -0.3 is 0 Å². The smallest absolute Gasteiger partial charge is 0.264 e. The van der Waals surface area contributed by atoms with Crippen molar-refractivity contribution >= 4 is 23.6 Å². The van der Waals surface area contributed by atoms with Gasteiger partial charge >= 0.3 is 0 Å². The minimum atomic E-state index is -0.992. The molecule has 1 aromatic heterocycles. The molecule has 4 rings (SSSR count). The molecular formula is C19H19N5O4. The van der Waals surface area contributed by atoms with E-state index in [1.54, 1.807) is 24.4 Å². The summed E-state index contributed by atoms with van der Waals surface area (Å²) in [6.07, 6.45) is 4.74. The van der Waals surface area contributed by atoms with Crippen molar-refractivity contribution in [1.29, 1.82) is 0 Å². The molecule has 2 aliphatic heterocycles. The van der Waals surface area contributed by atoms with Crippen molar-refractivity contribution in [2.75, 3.05) is 0 Å². The lowest BCUT2D eigenvalue weighted by atomic mass is 10.0. The van der Waals surface area contributed by atoms with Gasteiger partial charge in [-0.15, -0.1) is 5.10 Å². The van der Waals surface area contributed by atoms with E-state index in [0.29, 0.717) is 5.69 Å². The van der Waals surface area contributed by atoms with Crippen LogP contribution in [0.4, 0.5) is 0 Å². The molecule has 1 saturated heterocycles. The minimum absolute atomic E-state index is 0.0839. The van der Waals surface area contributed by atoms with Gasteiger partial charge in [0.15, 0.2) is 0 Å². The number of piperidine rings is 1. The second-order valence-electron chi connectivity index (χ2n) is 6.90. The topological polar surface area (TPSA) is 114 Å². The lowest BCUT2D eigenvalue weighted by Gasteiger charge is -2.27. The van der Waals surface area contributed by atoms with Gasteiger partial charge in [-0.05, 0) is 31.4 Å². The third-order valence-electron chi connectivity index (χ3n) is 5.02. The number of carbonyl (C=O) groups is 4. The molecule has 2 aromatic rings. The fourth-order valence-corrected chi connectivity index (χ4v) is 3.58. The van der Waals surface area contributed by atoms with Crippen molar-refractivity contribution in [3.63, 3.8) is 0 Å². The molecular weight excluding hydrogens is 362 g/mol. The third kappa shape index (κ3) is 2.88. The first-order valence-corrected chi connectivity index (χ1v) is 9.27. The van der Waals surface area contributed by atoms with Crippen LogP contribution < -0.4 is 5.32 Å². The summed E-state index contributed by atoms with van der Waals surface area (Å²) in [6.45, 7) is 2.09. The fourth-order valence-electron chi connectivity index (χ4n) is 3.58. The molecule has 1 aromatic carbocycles. The minimum Gasteiger partial charge on any atom is -0.295 e. The molecule has 0 saturated carbocycles. The molecule has 1 unspecified atom stereocenters. The van der Waals surface area contributed by atoms with Gasteiger partial charge in [-0.1, -0.05) is 24.6 Å². The van der Waals surface area contributed by atoms with Crippen LogP contribution in [0.2, 0.25) is 0 Å². The molecule has 0 spiro atoms. The summed E-state index contributed by atoms with van der Waals surface area (Å²) in [5.74, 6) is -2.13. The van der Waals surface area contributed by atoms with Crippen molar-refractivity contribution in [1.82, 2.24) is 25.2 Å². The highest BCUT2D eigenvalue weighted by Crippen LogP contribution is 2.31. The Bertz CT molecular complexity index is 996. The average Bonchev–Trinajstić information content (AvgIpc) is 3.24. The van der Waals surface area contributed by atoms with E-state index in [9.17, 15) is 19.2 Å². The van der Waals surface area contributed by atoms with Crippen LogP contribution in [0, 0.1) is 0 Å². The van der Waals surface area contributed by atoms with Crippen molar-refractivity contribution in [2.45, 2.75) is 45.1 Å². The monoisotopic (exact) mass is 381 g/mol. The molecule has 9 nitrogen and oxygen atoms in total. The van der Waals surface area contributed by atoms with E-state index in [2.05, 4.69) is 22.6 Å². The van der Waals surface area contributed by atoms with Crippen LogP contribution >= 0.6 is 0 Å². The Morgan fingerprint density at radius 1 is 1.18 bits per heavy atom. The number of rotatable bonds is 5. The number of hydrogen-bond acceptors (Lipinski definition) is 6. The molecule has 9 heteroatoms. The molecule has 3 heterocycles. The van der Waals surface area contributed by atoms with Gasteiger partial charge in [-0.2, -0.15) is 0 Å². The van der Waals surface area contributed by atoms with Crippen LogP contribution in [0.3, 0.4) is 0 Å². The maximum Gasteiger partial charge on any atom is 0.264 e. The van der Waals surface area contributed by atoms with Gasteiger partial charge in [-0.3, -0.25) is 29.4 Å². The Morgan fingerprint density at radius 2 is 2.00 bits per heavy atom. The number of benzene rings is 1. The molecule has 1 fully saturated rings. The van der Waals surface area contributed by atoms with Crippen LogP contribution in [0.5, 0.6) is 0 Å². The molecule has 4 amide bonds. The lowest BCUT2D eigenvalue weighted by Crippen LogP contribution is -2.54. The zero-order valence-corrected chi connectivity index (χ0v) is 15.3. The maximum atomic E-state index is 13.1. The highest BCUT2D eigenvalue weighted by molar-refractivity contribution is 6.24. The van der Waals surface area contributed by atoms with Crippen molar-refractivity contribution in [3.8, 4) is 5.69 Å². The van der Waals surface area contributed by atoms with Crippen LogP contribution in [0.15, 0.2) is 24.4 Å². The van der Waals surface area contributed by atoms with Crippen molar-refractivity contribution < 1.29 is 19.2 Å². The lowest BCUT2D eigenvalue weighted by molar-refractivity contribution is -0.136. The first-order chi connectivity index (χ1) is 13.5. The quantitative estimate of drug-likeness (QED) is 0.773. The Balaban J connectivity index is 1.69. The highest BCUT2D eigenvalue weighted by Gasteiger charge is 2.45. The van der Waals surface area contributed by atoms with E-state index in [4.69, 9.17) is 0 Å². The molecule has 1 atom stereocenters. The summed E-state index contributed by atoms with van der Waals surface area (Å²) in [6, 6.07) is 3.92. The summed E-state index contributed by atoms with van der Waals surface area (Å²) >= 11 is 0. The predicted octanol–water partition coefficient (Wildman–Crippen LogP) is 1.01. The summed E-state index contributed by atoms with van der Waals surface area (Å²) in [7, 11) is 0. The molecule has 144 valence electrons. The zero-order chi connectivity index (χ0) is 19.8. The van der Waals surface area contributed by atoms with E-state index in [1.165, 1.54) is 4.68 Å². The maximum absolute atomic E-state index is 13.1. The van der Waals surface area contributed by atoms with Crippen molar-refractivity contribution in [3.05, 3.63) is 41.2 Å². The molecule has 2 aliphatic rings. The van der Waals surface area contributed by atoms with Gasteiger partial charge in [0.05, 0.1) is 28.7 Å². The second kappa shape index (κ2) is 6.99. The first kappa shape index (κ1) is 18.0. The standard InChI is InChI=1S/C19H19N5O4/c1-2-3-5-11-10-23(22-21-11)13-7-4-6-12-16(13)19(28)24(18(12)27)14-8-9-15(25)20-17(14)26/h4,6-7,10,14H,2-3,5,8-9H2,1H3,(H,20,25,26). The number of unbranched alkanes of at least 4 members (excludes halogenated alkanes) is 1. The zero-order valence-electron chi connectivity index (χ0n) is 15.3. The van der Waals surface area contributed by atoms with E-state index in [1.807, 2.05) is 0 Å². The molecule has 0 aliphatic carbocycles. The number of nitrogens with one attached hydrogen (secondary N) is 1. The van der Waals surface area contributed by atoms with Crippen LogP contribution in [-0.4, -0.2) is 49.6 Å². The number of hydrogen-bond donors (Lipinski definition) is 1. The van der Waals surface area contributed by atoms with Gasteiger partial charge in [0.25, 0.3) is 11.8 Å². The second-order valence-corrected chi connectivity index (χ2v) is 6.90. The molecule has 28 heavy (non-hydrogen) atoms. The summed E-state index contributed by atoms with van der Waals surface area (Å²) < 4.78 is 1.49. The van der Waals surface area contributed by atoms with Gasteiger partial charge in [0.1, 0.15) is 6.04 Å². The van der Waals surface area contributed by atoms with Crippen LogP contribution in [-0.2, 0) is 16.0 Å². The van der Waals surface area contributed by atoms with E-state index in [-0.39, 0.29) is 24.0 Å². The number of aryl methyl sites for hydroxylation is 1. The van der Waals surface area contributed by atoms with Crippen molar-refractivity contribution in [2.24, 2.45) is 0 Å². The van der Waals surface area contributed by atoms with Crippen LogP contribution in [0.25, 0.3) is 5.69 Å². The predicted molar refractivity (Wildman–Crippen MR) is 96.6 cm³/mol. The Morgan fingerprint density at radius 3 is 2.75 bits per heavy atom. The fraction of sp³-hybridized carbons (Fsp3) is 0.368. The normalized spacial score (nSPS) is 19.2. The molecule has 1 N–H and O–H groups in total. The summed E-state index contributed by atoms with van der Waals surface area (Å²) in [4.78, 5) is 50.5. The highest BCUT2D eigenvalue weighted by atomic mass is 16.2. The number of carbonyl (C=O) groups excluding carboxylic acids is 4. The Hall–Kier alpha value is -3.36. The Kier molecular flexibility index (Phi) is 4.50. The number of aromatic nitrogens is 3. The SMILES string of the molecule is CCCCc1cn(-c2cccc3c2C(=O)N(C2CCC(=O)NC2=O)C3=O)nn1. The molecule has 0 radical (unpaired) electrons. The van der Waals surface area contributed by atoms with Gasteiger partial charge in [-0.25, -0.2) is 4.68 Å². The third-order valence-corrected chi connectivity index (χ3v) is 5.02. The number of amides is 4. The summed E-state index contributed by atoms with van der Waals surface area (Å²) in [5, 5.41) is 10.4. The summed E-state index contributed by atoms with van der Waals surface area (Å²) in [5.41, 5.74) is 1.67. The van der Waals surface area contributed by atoms with Gasteiger partial charge in [0.2, 0.25) is 11.8 Å². The first-order valence-electron chi connectivity index (χ1n) is 9.27. The van der Waals surface area contributed by atoms with E-state index in [0.717, 1.165) is 29.9 Å². The number of imide groups is 2. The molecule has 0 bridgehead atoms. The number of fused-ring (bicyclic) bond motifs is 1. The van der Waals surface area contributed by atoms with Gasteiger partial charge in [0, 0.05) is 6.42 Å². The Labute approximate surface area is 160 Å². The largest absolute Gasteiger partial charge is 0.295 e. The number of nitrogens with zero attached hydrogens (tertiary/aromatic N) is 4.